The Bertz CT molecular complexity index is 1570. The van der Waals surface area contributed by atoms with Gasteiger partial charge in [0, 0.05) is 28.9 Å². The van der Waals surface area contributed by atoms with Crippen LogP contribution in [0.1, 0.15) is 16.7 Å². The summed E-state index contributed by atoms with van der Waals surface area (Å²) in [5, 5.41) is 5.01. The molecule has 6 heteroatoms. The number of para-hydroxylation sites is 1. The number of hydrogen-bond acceptors (Lipinski definition) is 4. The minimum Gasteiger partial charge on any atom is -0.456 e. The minimum atomic E-state index is -0.699. The van der Waals surface area contributed by atoms with Crippen LogP contribution in [0.25, 0.3) is 21.9 Å². The first kappa shape index (κ1) is 21.9. The molecule has 0 saturated carbocycles. The van der Waals surface area contributed by atoms with E-state index in [-0.39, 0.29) is 12.5 Å². The van der Waals surface area contributed by atoms with Gasteiger partial charge in [0.1, 0.15) is 23.8 Å². The average Bonchev–Trinajstić information content (AvgIpc) is 3.29. The highest BCUT2D eigenvalue weighted by Crippen LogP contribution is 2.31. The molecule has 36 heavy (non-hydrogen) atoms. The highest BCUT2D eigenvalue weighted by atomic mass is 16.6. The van der Waals surface area contributed by atoms with E-state index in [1.54, 1.807) is 0 Å². The molecule has 6 nitrogen and oxygen atoms in total. The summed E-state index contributed by atoms with van der Waals surface area (Å²) in [5.74, 6) is -0.267. The molecule has 0 saturated heterocycles. The zero-order valence-corrected chi connectivity index (χ0v) is 19.5. The second-order valence-corrected chi connectivity index (χ2v) is 8.96. The van der Waals surface area contributed by atoms with Gasteiger partial charge in [-0.1, -0.05) is 72.8 Å². The van der Waals surface area contributed by atoms with Crippen LogP contribution in [0.15, 0.2) is 101 Å². The van der Waals surface area contributed by atoms with Gasteiger partial charge in [0.2, 0.25) is 5.91 Å². The van der Waals surface area contributed by atoms with Crippen molar-refractivity contribution in [2.24, 2.45) is 0 Å². The molecular formula is C30H24N2O4. The molecule has 1 atom stereocenters. The van der Waals surface area contributed by atoms with Crippen LogP contribution in [0.2, 0.25) is 0 Å². The van der Waals surface area contributed by atoms with E-state index >= 15 is 0 Å². The van der Waals surface area contributed by atoms with E-state index in [1.165, 1.54) is 4.90 Å². The number of nitrogens with zero attached hydrogens (tertiary/aromatic N) is 1. The number of nitrogens with one attached hydrogen (secondary N) is 1. The molecule has 4 aromatic carbocycles. The van der Waals surface area contributed by atoms with Gasteiger partial charge in [0.05, 0.1) is 6.54 Å². The first-order valence-electron chi connectivity index (χ1n) is 11.9. The van der Waals surface area contributed by atoms with Crippen molar-refractivity contribution in [2.45, 2.75) is 25.6 Å². The van der Waals surface area contributed by atoms with E-state index in [9.17, 15) is 9.59 Å². The van der Waals surface area contributed by atoms with Crippen molar-refractivity contribution in [2.75, 3.05) is 5.32 Å². The van der Waals surface area contributed by atoms with Crippen LogP contribution in [0.3, 0.4) is 0 Å². The zero-order valence-electron chi connectivity index (χ0n) is 19.5. The summed E-state index contributed by atoms with van der Waals surface area (Å²) in [4.78, 5) is 28.1. The van der Waals surface area contributed by atoms with E-state index in [0.29, 0.717) is 24.2 Å². The van der Waals surface area contributed by atoms with Crippen molar-refractivity contribution < 1.29 is 18.7 Å². The Morgan fingerprint density at radius 2 is 1.56 bits per heavy atom. The summed E-state index contributed by atoms with van der Waals surface area (Å²) in [6.45, 7) is 0.458. The third-order valence-electron chi connectivity index (χ3n) is 6.64. The van der Waals surface area contributed by atoms with Gasteiger partial charge in [-0.3, -0.25) is 9.69 Å². The second kappa shape index (κ2) is 9.23. The van der Waals surface area contributed by atoms with E-state index < -0.39 is 12.1 Å². The summed E-state index contributed by atoms with van der Waals surface area (Å²) >= 11 is 0. The van der Waals surface area contributed by atoms with E-state index in [2.05, 4.69) is 5.32 Å². The van der Waals surface area contributed by atoms with Gasteiger partial charge in [-0.25, -0.2) is 4.79 Å². The molecule has 2 amide bonds. The fraction of sp³-hybridized carbons (Fsp3) is 0.133. The zero-order chi connectivity index (χ0) is 24.5. The lowest BCUT2D eigenvalue weighted by atomic mass is 9.94. The lowest BCUT2D eigenvalue weighted by Gasteiger charge is -2.35. The standard InChI is InChI=1S/C30H24N2O4/c33-29(31-23-14-15-25-24-12-6-7-13-27(24)36-28(25)17-23)26-16-21-10-4-5-11-22(21)18-32(26)30(34)35-19-20-8-2-1-3-9-20/h1-15,17,26H,16,18-19H2,(H,31,33)/t26-/m0/s1. The first-order chi connectivity index (χ1) is 17.7. The number of rotatable bonds is 4. The Hall–Kier alpha value is -4.58. The quantitative estimate of drug-likeness (QED) is 0.331. The lowest BCUT2D eigenvalue weighted by molar-refractivity contribution is -0.121. The van der Waals surface area contributed by atoms with Gasteiger partial charge < -0.3 is 14.5 Å². The number of carbonyl (C=O) groups is 2. The number of hydrogen-bond donors (Lipinski definition) is 1. The Kier molecular flexibility index (Phi) is 5.62. The molecule has 1 aliphatic heterocycles. The maximum Gasteiger partial charge on any atom is 0.411 e. The van der Waals surface area contributed by atoms with Gasteiger partial charge in [-0.15, -0.1) is 0 Å². The molecule has 6 rings (SSSR count). The van der Waals surface area contributed by atoms with Crippen LogP contribution in [0, 0.1) is 0 Å². The molecule has 0 bridgehead atoms. The van der Waals surface area contributed by atoms with Crippen molar-refractivity contribution in [3.8, 4) is 0 Å². The Balaban J connectivity index is 1.25. The summed E-state index contributed by atoms with van der Waals surface area (Å²) in [7, 11) is 0. The number of amides is 2. The number of fused-ring (bicyclic) bond motifs is 4. The van der Waals surface area contributed by atoms with Gasteiger partial charge in [0.25, 0.3) is 0 Å². The Morgan fingerprint density at radius 3 is 2.42 bits per heavy atom. The molecule has 178 valence electrons. The molecule has 1 N–H and O–H groups in total. The summed E-state index contributed by atoms with van der Waals surface area (Å²) in [5.41, 5.74) is 5.07. The van der Waals surface area contributed by atoms with Crippen molar-refractivity contribution in [3.05, 3.63) is 114 Å². The third kappa shape index (κ3) is 4.18. The third-order valence-corrected chi connectivity index (χ3v) is 6.64. The molecule has 2 heterocycles. The fourth-order valence-corrected chi connectivity index (χ4v) is 4.78. The smallest absolute Gasteiger partial charge is 0.411 e. The molecule has 0 radical (unpaired) electrons. The highest BCUT2D eigenvalue weighted by Gasteiger charge is 2.35. The average molecular weight is 477 g/mol. The molecular weight excluding hydrogens is 452 g/mol. The number of carbonyl (C=O) groups excluding carboxylic acids is 2. The van der Waals surface area contributed by atoms with Crippen LogP contribution in [0.4, 0.5) is 10.5 Å². The first-order valence-corrected chi connectivity index (χ1v) is 11.9. The predicted molar refractivity (Wildman–Crippen MR) is 138 cm³/mol. The SMILES string of the molecule is O=C(Nc1ccc2c(c1)oc1ccccc12)[C@@H]1Cc2ccccc2CN1C(=O)OCc1ccccc1. The molecule has 1 aliphatic rings. The minimum absolute atomic E-state index is 0.148. The van der Waals surface area contributed by atoms with E-state index in [0.717, 1.165) is 33.0 Å². The molecule has 0 unspecified atom stereocenters. The fourth-order valence-electron chi connectivity index (χ4n) is 4.78. The molecule has 1 aromatic heterocycles. The van der Waals surface area contributed by atoms with Crippen molar-refractivity contribution in [1.29, 1.82) is 0 Å². The summed E-state index contributed by atoms with van der Waals surface area (Å²) in [6.07, 6.45) is -0.101. The summed E-state index contributed by atoms with van der Waals surface area (Å²) in [6, 6.07) is 30.1. The predicted octanol–water partition coefficient (Wildman–Crippen LogP) is 6.29. The molecule has 0 fully saturated rings. The number of furan rings is 1. The van der Waals surface area contributed by atoms with Crippen molar-refractivity contribution >= 4 is 39.6 Å². The van der Waals surface area contributed by atoms with Crippen molar-refractivity contribution in [3.63, 3.8) is 0 Å². The number of benzene rings is 4. The van der Waals surface area contributed by atoms with Crippen LogP contribution in [-0.2, 0) is 29.1 Å². The van der Waals surface area contributed by atoms with E-state index in [1.807, 2.05) is 97.1 Å². The monoisotopic (exact) mass is 476 g/mol. The highest BCUT2D eigenvalue weighted by molar-refractivity contribution is 6.06. The molecule has 0 aliphatic carbocycles. The summed E-state index contributed by atoms with van der Waals surface area (Å²) < 4.78 is 11.6. The van der Waals surface area contributed by atoms with E-state index in [4.69, 9.17) is 9.15 Å². The maximum absolute atomic E-state index is 13.5. The van der Waals surface area contributed by atoms with Crippen LogP contribution >= 0.6 is 0 Å². The molecule has 0 spiro atoms. The molecule has 5 aromatic rings. The number of ether oxygens (including phenoxy) is 1. The van der Waals surface area contributed by atoms with Crippen molar-refractivity contribution in [1.82, 2.24) is 4.90 Å². The lowest BCUT2D eigenvalue weighted by Crippen LogP contribution is -2.50. The Morgan fingerprint density at radius 1 is 0.833 bits per heavy atom. The topological polar surface area (TPSA) is 71.8 Å². The largest absolute Gasteiger partial charge is 0.456 e. The second-order valence-electron chi connectivity index (χ2n) is 8.96. The normalized spacial score (nSPS) is 15.0. The van der Waals surface area contributed by atoms with Crippen LogP contribution in [-0.4, -0.2) is 22.9 Å². The maximum atomic E-state index is 13.5. The van der Waals surface area contributed by atoms with Gasteiger partial charge in [-0.05, 0) is 34.9 Å². The Labute approximate surface area is 208 Å². The van der Waals surface area contributed by atoms with Crippen LogP contribution in [0.5, 0.6) is 0 Å². The van der Waals surface area contributed by atoms with Gasteiger partial charge >= 0.3 is 6.09 Å². The van der Waals surface area contributed by atoms with Crippen LogP contribution < -0.4 is 5.32 Å². The number of anilines is 1. The van der Waals surface area contributed by atoms with Gasteiger partial charge in [0.15, 0.2) is 0 Å². The van der Waals surface area contributed by atoms with Gasteiger partial charge in [-0.2, -0.15) is 0 Å².